The van der Waals surface area contributed by atoms with Crippen LogP contribution in [0.3, 0.4) is 0 Å². The smallest absolute Gasteiger partial charge is 0.417 e. The highest BCUT2D eigenvalue weighted by atomic mass is 19.4. The maximum Gasteiger partial charge on any atom is 0.417 e. The van der Waals surface area contributed by atoms with Gasteiger partial charge in [0.05, 0.1) is 24.2 Å². The van der Waals surface area contributed by atoms with Crippen LogP contribution < -0.4 is 4.74 Å². The molecule has 0 N–H and O–H groups in total. The fourth-order valence-corrected chi connectivity index (χ4v) is 4.07. The normalized spacial score (nSPS) is 21.9. The summed E-state index contributed by atoms with van der Waals surface area (Å²) in [6.45, 7) is 4.60. The number of fused-ring (bicyclic) bond motifs is 2. The number of rotatable bonds is 3. The van der Waals surface area contributed by atoms with Crippen LogP contribution in [0.15, 0.2) is 48.7 Å². The zero-order valence-corrected chi connectivity index (χ0v) is 17.8. The second-order valence-corrected chi connectivity index (χ2v) is 8.46. The number of amides is 1. The molecule has 1 amide bonds. The Labute approximate surface area is 187 Å². The Morgan fingerprint density at radius 3 is 2.45 bits per heavy atom. The molecular formula is C23H20F3N3O4. The number of alkyl halides is 3. The van der Waals surface area contributed by atoms with Crippen molar-refractivity contribution in [3.63, 3.8) is 0 Å². The molecule has 2 aliphatic rings. The molecule has 172 valence electrons. The van der Waals surface area contributed by atoms with Crippen molar-refractivity contribution in [2.24, 2.45) is 0 Å². The van der Waals surface area contributed by atoms with E-state index in [0.717, 1.165) is 18.3 Å². The van der Waals surface area contributed by atoms with Crippen LogP contribution in [0.4, 0.5) is 13.2 Å². The Hall–Kier alpha value is -3.24. The summed E-state index contributed by atoms with van der Waals surface area (Å²) in [7, 11) is 0. The van der Waals surface area contributed by atoms with E-state index in [1.807, 2.05) is 13.8 Å². The van der Waals surface area contributed by atoms with Crippen molar-refractivity contribution in [3.05, 3.63) is 59.9 Å². The van der Waals surface area contributed by atoms with Crippen molar-refractivity contribution in [1.82, 2.24) is 14.9 Å². The lowest BCUT2D eigenvalue weighted by Gasteiger charge is -2.22. The van der Waals surface area contributed by atoms with Crippen LogP contribution in [0, 0.1) is 0 Å². The van der Waals surface area contributed by atoms with Crippen molar-refractivity contribution in [2.45, 2.75) is 38.0 Å². The van der Waals surface area contributed by atoms with Crippen LogP contribution in [-0.2, 0) is 15.7 Å². The Kier molecular flexibility index (Phi) is 5.02. The first kappa shape index (κ1) is 21.6. The van der Waals surface area contributed by atoms with Crippen molar-refractivity contribution >= 4 is 16.8 Å². The lowest BCUT2D eigenvalue weighted by atomic mass is 10.2. The van der Waals surface area contributed by atoms with E-state index in [1.54, 1.807) is 35.2 Å². The molecule has 3 aromatic rings. The predicted octanol–water partition coefficient (Wildman–Crippen LogP) is 4.42. The van der Waals surface area contributed by atoms with E-state index in [9.17, 15) is 18.0 Å². The van der Waals surface area contributed by atoms with Gasteiger partial charge in [-0.15, -0.1) is 0 Å². The molecule has 10 heteroatoms. The Morgan fingerprint density at radius 1 is 1.09 bits per heavy atom. The second-order valence-electron chi connectivity index (χ2n) is 8.46. The molecule has 0 saturated carbocycles. The van der Waals surface area contributed by atoms with Gasteiger partial charge in [-0.25, -0.2) is 9.97 Å². The van der Waals surface area contributed by atoms with Crippen LogP contribution in [0.5, 0.6) is 11.6 Å². The van der Waals surface area contributed by atoms with E-state index < -0.39 is 17.5 Å². The van der Waals surface area contributed by atoms with Gasteiger partial charge >= 0.3 is 6.18 Å². The predicted molar refractivity (Wildman–Crippen MR) is 111 cm³/mol. The van der Waals surface area contributed by atoms with Crippen LogP contribution >= 0.6 is 0 Å². The minimum Gasteiger partial charge on any atom is -0.439 e. The number of ether oxygens (including phenoxy) is 3. The molecule has 2 atom stereocenters. The molecule has 33 heavy (non-hydrogen) atoms. The number of carbonyl (C=O) groups is 1. The zero-order valence-electron chi connectivity index (χ0n) is 17.8. The van der Waals surface area contributed by atoms with Gasteiger partial charge in [-0.1, -0.05) is 6.07 Å². The fraction of sp³-hybridized carbons (Fsp3) is 0.348. The highest BCUT2D eigenvalue weighted by Gasteiger charge is 2.48. The number of benzene rings is 1. The Balaban J connectivity index is 1.29. The van der Waals surface area contributed by atoms with Crippen molar-refractivity contribution < 1.29 is 32.2 Å². The number of pyridine rings is 2. The number of hydrogen-bond donors (Lipinski definition) is 0. The molecule has 0 aliphatic carbocycles. The van der Waals surface area contributed by atoms with Crippen LogP contribution in [0.25, 0.3) is 10.9 Å². The van der Waals surface area contributed by atoms with E-state index in [4.69, 9.17) is 14.2 Å². The van der Waals surface area contributed by atoms with Gasteiger partial charge < -0.3 is 19.1 Å². The second kappa shape index (κ2) is 7.67. The first-order valence-electron chi connectivity index (χ1n) is 10.3. The summed E-state index contributed by atoms with van der Waals surface area (Å²) in [5.74, 6) is -0.416. The molecular weight excluding hydrogens is 439 g/mol. The number of halogens is 3. The van der Waals surface area contributed by atoms with Gasteiger partial charge in [0, 0.05) is 17.6 Å². The summed E-state index contributed by atoms with van der Waals surface area (Å²) < 4.78 is 55.2. The maximum absolute atomic E-state index is 12.9. The molecule has 2 unspecified atom stereocenters. The number of likely N-dealkylation sites (tertiary alicyclic amines) is 1. The molecule has 2 fully saturated rings. The summed E-state index contributed by atoms with van der Waals surface area (Å²) in [5.41, 5.74) is 0.0413. The molecule has 0 spiro atoms. The van der Waals surface area contributed by atoms with E-state index in [2.05, 4.69) is 9.97 Å². The lowest BCUT2D eigenvalue weighted by molar-refractivity contribution is -0.153. The largest absolute Gasteiger partial charge is 0.439 e. The summed E-state index contributed by atoms with van der Waals surface area (Å²) in [4.78, 5) is 22.8. The van der Waals surface area contributed by atoms with Crippen LogP contribution in [-0.4, -0.2) is 51.9 Å². The standard InChI is InChI=1S/C23H20F3N3O4/c1-22(2)32-18-11-29(12-19(18)33-22)21(30)17-6-3-13-9-15(5-7-16(13)28-17)31-20-8-4-14(10-27-20)23(24,25)26/h3-10,18-19H,11-12H2,1-2H3. The number of hydrogen-bond acceptors (Lipinski definition) is 6. The van der Waals surface area contributed by atoms with Gasteiger partial charge in [0.15, 0.2) is 5.79 Å². The van der Waals surface area contributed by atoms with Gasteiger partial charge in [-0.05, 0) is 44.2 Å². The van der Waals surface area contributed by atoms with Gasteiger partial charge in [-0.2, -0.15) is 13.2 Å². The summed E-state index contributed by atoms with van der Waals surface area (Å²) in [6, 6.07) is 10.4. The number of aromatic nitrogens is 2. The van der Waals surface area contributed by atoms with Gasteiger partial charge in [0.1, 0.15) is 23.7 Å². The third kappa shape index (κ3) is 4.36. The number of nitrogens with zero attached hydrogens (tertiary/aromatic N) is 3. The minimum absolute atomic E-state index is 0.0364. The fourth-order valence-electron chi connectivity index (χ4n) is 4.07. The molecule has 0 radical (unpaired) electrons. The molecule has 5 rings (SSSR count). The highest BCUT2D eigenvalue weighted by molar-refractivity contribution is 5.95. The highest BCUT2D eigenvalue weighted by Crippen LogP contribution is 2.34. The topological polar surface area (TPSA) is 73.8 Å². The van der Waals surface area contributed by atoms with Crippen molar-refractivity contribution in [2.75, 3.05) is 13.1 Å². The van der Waals surface area contributed by atoms with Gasteiger partial charge in [0.25, 0.3) is 5.91 Å². The van der Waals surface area contributed by atoms with E-state index >= 15 is 0 Å². The molecule has 4 heterocycles. The Morgan fingerprint density at radius 2 is 1.82 bits per heavy atom. The first-order valence-corrected chi connectivity index (χ1v) is 10.3. The zero-order chi connectivity index (χ0) is 23.4. The molecule has 0 bridgehead atoms. The molecule has 2 aromatic heterocycles. The van der Waals surface area contributed by atoms with Crippen LogP contribution in [0.2, 0.25) is 0 Å². The average molecular weight is 459 g/mol. The van der Waals surface area contributed by atoms with Gasteiger partial charge in [-0.3, -0.25) is 4.79 Å². The Bertz CT molecular complexity index is 1200. The molecule has 7 nitrogen and oxygen atoms in total. The van der Waals surface area contributed by atoms with Crippen molar-refractivity contribution in [3.8, 4) is 11.6 Å². The summed E-state index contributed by atoms with van der Waals surface area (Å²) in [6.07, 6.45) is -4.04. The first-order chi connectivity index (χ1) is 15.6. The van der Waals surface area contributed by atoms with Crippen molar-refractivity contribution in [1.29, 1.82) is 0 Å². The quantitative estimate of drug-likeness (QED) is 0.578. The lowest BCUT2D eigenvalue weighted by Crippen LogP contribution is -2.34. The molecule has 2 aliphatic heterocycles. The SMILES string of the molecule is CC1(C)OC2CN(C(=O)c3ccc4cc(Oc5ccc(C(F)(F)F)cn5)ccc4n3)CC2O1. The van der Waals surface area contributed by atoms with E-state index in [-0.39, 0.29) is 24.0 Å². The number of carbonyl (C=O) groups excluding carboxylic acids is 1. The van der Waals surface area contributed by atoms with Gasteiger partial charge in [0.2, 0.25) is 5.88 Å². The van der Waals surface area contributed by atoms with E-state index in [1.165, 1.54) is 0 Å². The minimum atomic E-state index is -4.46. The summed E-state index contributed by atoms with van der Waals surface area (Å²) in [5, 5.41) is 0.711. The maximum atomic E-state index is 12.9. The third-order valence-electron chi connectivity index (χ3n) is 5.54. The third-order valence-corrected chi connectivity index (χ3v) is 5.54. The average Bonchev–Trinajstić information content (AvgIpc) is 3.26. The molecule has 2 saturated heterocycles. The monoisotopic (exact) mass is 459 g/mol. The van der Waals surface area contributed by atoms with Crippen LogP contribution in [0.1, 0.15) is 29.9 Å². The van der Waals surface area contributed by atoms with E-state index in [0.29, 0.717) is 35.4 Å². The summed E-state index contributed by atoms with van der Waals surface area (Å²) >= 11 is 0. The molecule has 1 aromatic carbocycles.